The molecular weight excluding hydrogens is 363 g/mol. The minimum absolute atomic E-state index is 0.182. The van der Waals surface area contributed by atoms with Gasteiger partial charge in [-0.25, -0.2) is 0 Å². The molecule has 1 amide bonds. The Morgan fingerprint density at radius 3 is 2.62 bits per heavy atom. The number of carbonyl (C=O) groups is 1. The van der Waals surface area contributed by atoms with E-state index in [0.717, 1.165) is 29.5 Å². The zero-order valence-corrected chi connectivity index (χ0v) is 14.2. The minimum Gasteiger partial charge on any atom is -0.303 e. The molecular formula is C18H14F3N3OS. The summed E-state index contributed by atoms with van der Waals surface area (Å²) in [5, 5.41) is 10.3. The molecule has 4 nitrogen and oxygen atoms in total. The Labute approximate surface area is 152 Å². The molecule has 1 saturated heterocycles. The molecule has 2 aromatic rings. The van der Waals surface area contributed by atoms with Gasteiger partial charge in [-0.1, -0.05) is 60.3 Å². The molecule has 134 valence electrons. The topological polar surface area (TPSA) is 53.8 Å². The van der Waals surface area contributed by atoms with Crippen LogP contribution in [-0.2, 0) is 17.4 Å². The van der Waals surface area contributed by atoms with Crippen molar-refractivity contribution in [2.45, 2.75) is 17.8 Å². The first kappa shape index (κ1) is 18.2. The van der Waals surface area contributed by atoms with Gasteiger partial charge in [0.25, 0.3) is 0 Å². The molecule has 0 unspecified atom stereocenters. The molecule has 1 aliphatic heterocycles. The second-order valence-electron chi connectivity index (χ2n) is 5.56. The summed E-state index contributed by atoms with van der Waals surface area (Å²) in [6, 6.07) is 14.3. The van der Waals surface area contributed by atoms with E-state index in [1.54, 1.807) is 12.3 Å². The van der Waals surface area contributed by atoms with Crippen LogP contribution < -0.4 is 5.32 Å². The van der Waals surface area contributed by atoms with Crippen LogP contribution in [0.4, 0.5) is 13.2 Å². The van der Waals surface area contributed by atoms with Crippen molar-refractivity contribution in [1.29, 1.82) is 0 Å². The molecule has 26 heavy (non-hydrogen) atoms. The average Bonchev–Trinajstić information content (AvgIpc) is 2.95. The standard InChI is InChI=1S/C18H14F3N3OS/c19-18(20,21)14-8-4-7-13(9-14)10-15-16(25)23-17(26-15)24-22-11-12-5-2-1-3-6-12/h1-9,11,15H,10H2,(H,23,24,25)/b22-11-/t15-/m1/s1. The average molecular weight is 377 g/mol. The largest absolute Gasteiger partial charge is 0.416 e. The van der Waals surface area contributed by atoms with Gasteiger partial charge in [0.2, 0.25) is 5.91 Å². The molecule has 1 heterocycles. The Kier molecular flexibility index (Phi) is 5.41. The number of rotatable bonds is 4. The van der Waals surface area contributed by atoms with Crippen molar-refractivity contribution in [3.8, 4) is 0 Å². The maximum absolute atomic E-state index is 12.8. The maximum atomic E-state index is 12.8. The third kappa shape index (κ3) is 4.72. The minimum atomic E-state index is -4.40. The zero-order valence-electron chi connectivity index (χ0n) is 13.4. The van der Waals surface area contributed by atoms with Crippen LogP contribution in [0.5, 0.6) is 0 Å². The van der Waals surface area contributed by atoms with Gasteiger partial charge in [-0.2, -0.15) is 18.3 Å². The van der Waals surface area contributed by atoms with Crippen LogP contribution in [0.25, 0.3) is 0 Å². The summed E-state index contributed by atoms with van der Waals surface area (Å²) in [7, 11) is 0. The molecule has 0 spiro atoms. The first-order chi connectivity index (χ1) is 12.4. The second kappa shape index (κ2) is 7.74. The molecule has 1 aliphatic rings. The first-order valence-electron chi connectivity index (χ1n) is 7.71. The monoisotopic (exact) mass is 377 g/mol. The number of benzene rings is 2. The number of thioether (sulfide) groups is 1. The zero-order chi connectivity index (χ0) is 18.6. The molecule has 0 radical (unpaired) electrons. The Balaban J connectivity index is 1.65. The predicted octanol–water partition coefficient (Wildman–Crippen LogP) is 3.87. The third-order valence-electron chi connectivity index (χ3n) is 3.61. The van der Waals surface area contributed by atoms with Crippen molar-refractivity contribution in [3.05, 3.63) is 71.3 Å². The fourth-order valence-electron chi connectivity index (χ4n) is 2.36. The van der Waals surface area contributed by atoms with Crippen molar-refractivity contribution < 1.29 is 18.0 Å². The number of nitrogens with one attached hydrogen (secondary N) is 1. The number of carbonyl (C=O) groups excluding carboxylic acids is 1. The highest BCUT2D eigenvalue weighted by molar-refractivity contribution is 8.15. The van der Waals surface area contributed by atoms with Crippen LogP contribution in [-0.4, -0.2) is 22.5 Å². The summed E-state index contributed by atoms with van der Waals surface area (Å²) in [6.45, 7) is 0. The van der Waals surface area contributed by atoms with Crippen molar-refractivity contribution in [3.63, 3.8) is 0 Å². The van der Waals surface area contributed by atoms with Gasteiger partial charge in [-0.3, -0.25) is 4.79 Å². The lowest BCUT2D eigenvalue weighted by Crippen LogP contribution is -2.26. The normalized spacial score (nSPS) is 19.3. The summed E-state index contributed by atoms with van der Waals surface area (Å²) in [4.78, 5) is 12.0. The van der Waals surface area contributed by atoms with Gasteiger partial charge in [0.15, 0.2) is 5.17 Å². The Morgan fingerprint density at radius 2 is 1.88 bits per heavy atom. The number of nitrogens with zero attached hydrogens (tertiary/aromatic N) is 2. The third-order valence-corrected chi connectivity index (χ3v) is 4.68. The summed E-state index contributed by atoms with van der Waals surface area (Å²) in [5.74, 6) is -0.291. The van der Waals surface area contributed by atoms with E-state index in [2.05, 4.69) is 15.5 Å². The number of hydrogen-bond donors (Lipinski definition) is 1. The van der Waals surface area contributed by atoms with Crippen LogP contribution in [0.2, 0.25) is 0 Å². The van der Waals surface area contributed by atoms with Gasteiger partial charge in [0.1, 0.15) is 0 Å². The van der Waals surface area contributed by atoms with Crippen molar-refractivity contribution in [1.82, 2.24) is 5.32 Å². The number of amides is 1. The molecule has 2 aromatic carbocycles. The first-order valence-corrected chi connectivity index (χ1v) is 8.59. The van der Waals surface area contributed by atoms with E-state index < -0.39 is 17.0 Å². The highest BCUT2D eigenvalue weighted by Gasteiger charge is 2.33. The smallest absolute Gasteiger partial charge is 0.303 e. The molecule has 1 N–H and O–H groups in total. The highest BCUT2D eigenvalue weighted by atomic mass is 32.2. The van der Waals surface area contributed by atoms with Gasteiger partial charge in [0, 0.05) is 0 Å². The summed E-state index contributed by atoms with van der Waals surface area (Å²) in [6.07, 6.45) is -2.67. The Bertz CT molecular complexity index is 850. The number of amidine groups is 1. The fourth-order valence-corrected chi connectivity index (χ4v) is 3.33. The molecule has 1 fully saturated rings. The molecule has 0 aliphatic carbocycles. The SMILES string of the molecule is O=C1N/C(=N/N=C\c2ccccc2)S[C@@H]1Cc1cccc(C(F)(F)F)c1. The quantitative estimate of drug-likeness (QED) is 0.650. The van der Waals surface area contributed by atoms with E-state index >= 15 is 0 Å². The van der Waals surface area contributed by atoms with E-state index in [1.807, 2.05) is 30.3 Å². The molecule has 3 rings (SSSR count). The highest BCUT2D eigenvalue weighted by Crippen LogP contribution is 2.31. The molecule has 1 atom stereocenters. The van der Waals surface area contributed by atoms with Gasteiger partial charge in [0.05, 0.1) is 17.0 Å². The van der Waals surface area contributed by atoms with E-state index in [9.17, 15) is 18.0 Å². The van der Waals surface area contributed by atoms with Crippen molar-refractivity contribution >= 4 is 29.1 Å². The maximum Gasteiger partial charge on any atom is 0.416 e. The Morgan fingerprint density at radius 1 is 1.12 bits per heavy atom. The van der Waals surface area contributed by atoms with Crippen molar-refractivity contribution in [2.24, 2.45) is 10.2 Å². The van der Waals surface area contributed by atoms with Gasteiger partial charge in [-0.05, 0) is 23.6 Å². The van der Waals surface area contributed by atoms with Crippen LogP contribution in [0.3, 0.4) is 0 Å². The number of halogens is 3. The molecule has 0 aromatic heterocycles. The summed E-state index contributed by atoms with van der Waals surface area (Å²) in [5.41, 5.74) is 0.591. The van der Waals surface area contributed by atoms with Crippen LogP contribution >= 0.6 is 11.8 Å². The lowest BCUT2D eigenvalue weighted by molar-refractivity contribution is -0.137. The predicted molar refractivity (Wildman–Crippen MR) is 96.1 cm³/mol. The summed E-state index contributed by atoms with van der Waals surface area (Å²) < 4.78 is 38.3. The van der Waals surface area contributed by atoms with E-state index in [4.69, 9.17) is 0 Å². The number of alkyl halides is 3. The lowest BCUT2D eigenvalue weighted by atomic mass is 10.1. The van der Waals surface area contributed by atoms with E-state index in [-0.39, 0.29) is 12.3 Å². The van der Waals surface area contributed by atoms with Crippen molar-refractivity contribution in [2.75, 3.05) is 0 Å². The van der Waals surface area contributed by atoms with E-state index in [1.165, 1.54) is 6.07 Å². The van der Waals surface area contributed by atoms with Crippen LogP contribution in [0.15, 0.2) is 64.8 Å². The molecule has 8 heteroatoms. The van der Waals surface area contributed by atoms with Gasteiger partial charge in [-0.15, -0.1) is 5.10 Å². The second-order valence-corrected chi connectivity index (χ2v) is 6.75. The summed E-state index contributed by atoms with van der Waals surface area (Å²) >= 11 is 1.16. The molecule has 0 saturated carbocycles. The van der Waals surface area contributed by atoms with Crippen LogP contribution in [0, 0.1) is 0 Å². The van der Waals surface area contributed by atoms with Gasteiger partial charge >= 0.3 is 6.18 Å². The van der Waals surface area contributed by atoms with Crippen LogP contribution in [0.1, 0.15) is 16.7 Å². The lowest BCUT2D eigenvalue weighted by Gasteiger charge is -2.10. The van der Waals surface area contributed by atoms with Gasteiger partial charge < -0.3 is 5.32 Å². The number of hydrogen-bond acceptors (Lipinski definition) is 4. The molecule has 0 bridgehead atoms. The van der Waals surface area contributed by atoms with E-state index in [0.29, 0.717) is 10.7 Å². The Hall–Kier alpha value is -2.61. The fraction of sp³-hybridized carbons (Fsp3) is 0.167.